The van der Waals surface area contributed by atoms with Crippen molar-refractivity contribution in [2.45, 2.75) is 12.8 Å². The molecule has 0 radical (unpaired) electrons. The number of hydrogen-bond donors (Lipinski definition) is 1. The van der Waals surface area contributed by atoms with Crippen molar-refractivity contribution < 1.29 is 9.53 Å². The molecule has 1 saturated heterocycles. The first kappa shape index (κ1) is 13.1. The fourth-order valence-electron chi connectivity index (χ4n) is 2.82. The van der Waals surface area contributed by atoms with E-state index in [9.17, 15) is 4.79 Å². The minimum Gasteiger partial charge on any atom is -0.497 e. The van der Waals surface area contributed by atoms with Gasteiger partial charge in [0.1, 0.15) is 5.75 Å². The summed E-state index contributed by atoms with van der Waals surface area (Å²) in [5.74, 6) is 1.22. The Balaban J connectivity index is 1.90. The number of carbonyl (C=O) groups is 1. The summed E-state index contributed by atoms with van der Waals surface area (Å²) in [6.07, 6.45) is 2.08. The van der Waals surface area contributed by atoms with E-state index >= 15 is 0 Å². The summed E-state index contributed by atoms with van der Waals surface area (Å²) in [7, 11) is 1.66. The molecule has 0 saturated carbocycles. The molecule has 1 aliphatic heterocycles. The third kappa shape index (κ3) is 2.54. The number of Topliss-reactive ketones (excluding diaryl/α,β-unsaturated/α-hetero) is 1. The Bertz CT molecular complexity index is 630. The minimum absolute atomic E-state index is 0.124. The normalized spacial score (nSPS) is 18.9. The Morgan fingerprint density at radius 3 is 2.75 bits per heavy atom. The summed E-state index contributed by atoms with van der Waals surface area (Å²) in [6.45, 7) is 1.83. The SMILES string of the molecule is COc1ccc2cc(C(=O)[C@@H]3CCCNC3)ccc2c1. The zero-order valence-corrected chi connectivity index (χ0v) is 11.7. The van der Waals surface area contributed by atoms with Crippen molar-refractivity contribution in [1.29, 1.82) is 0 Å². The summed E-state index contributed by atoms with van der Waals surface area (Å²) in [5.41, 5.74) is 0.816. The maximum absolute atomic E-state index is 12.5. The highest BCUT2D eigenvalue weighted by Crippen LogP contribution is 2.24. The van der Waals surface area contributed by atoms with Crippen LogP contribution in [0.15, 0.2) is 36.4 Å². The van der Waals surface area contributed by atoms with Gasteiger partial charge in [0, 0.05) is 18.0 Å². The van der Waals surface area contributed by atoms with E-state index in [0.29, 0.717) is 0 Å². The zero-order valence-electron chi connectivity index (χ0n) is 11.7. The van der Waals surface area contributed by atoms with E-state index < -0.39 is 0 Å². The number of piperidine rings is 1. The van der Waals surface area contributed by atoms with Crippen LogP contribution in [0.1, 0.15) is 23.2 Å². The third-order valence-electron chi connectivity index (χ3n) is 4.00. The second-order valence-electron chi connectivity index (χ2n) is 5.34. The van der Waals surface area contributed by atoms with E-state index in [1.807, 2.05) is 36.4 Å². The average molecular weight is 269 g/mol. The molecule has 0 spiro atoms. The highest BCUT2D eigenvalue weighted by Gasteiger charge is 2.22. The van der Waals surface area contributed by atoms with Crippen molar-refractivity contribution in [3.8, 4) is 5.75 Å². The Morgan fingerprint density at radius 2 is 2.00 bits per heavy atom. The van der Waals surface area contributed by atoms with Gasteiger partial charge in [0.15, 0.2) is 5.78 Å². The molecule has 20 heavy (non-hydrogen) atoms. The smallest absolute Gasteiger partial charge is 0.167 e. The van der Waals surface area contributed by atoms with Crippen LogP contribution in [0.2, 0.25) is 0 Å². The molecular formula is C17H19NO2. The van der Waals surface area contributed by atoms with Gasteiger partial charge in [-0.15, -0.1) is 0 Å². The molecule has 1 heterocycles. The number of rotatable bonds is 3. The van der Waals surface area contributed by atoms with Crippen molar-refractivity contribution in [3.05, 3.63) is 42.0 Å². The van der Waals surface area contributed by atoms with Gasteiger partial charge in [-0.2, -0.15) is 0 Å². The van der Waals surface area contributed by atoms with Crippen molar-refractivity contribution in [2.24, 2.45) is 5.92 Å². The molecule has 104 valence electrons. The Kier molecular flexibility index (Phi) is 3.70. The van der Waals surface area contributed by atoms with Gasteiger partial charge in [-0.3, -0.25) is 4.79 Å². The molecule has 1 aliphatic rings. The molecule has 0 unspecified atom stereocenters. The van der Waals surface area contributed by atoms with Crippen LogP contribution >= 0.6 is 0 Å². The third-order valence-corrected chi connectivity index (χ3v) is 4.00. The lowest BCUT2D eigenvalue weighted by atomic mass is 9.90. The fraction of sp³-hybridized carbons (Fsp3) is 0.353. The number of ketones is 1. The highest BCUT2D eigenvalue weighted by atomic mass is 16.5. The molecule has 2 aromatic carbocycles. The van der Waals surface area contributed by atoms with Crippen molar-refractivity contribution in [2.75, 3.05) is 20.2 Å². The number of ether oxygens (including phenoxy) is 1. The quantitative estimate of drug-likeness (QED) is 0.870. The fourth-order valence-corrected chi connectivity index (χ4v) is 2.82. The monoisotopic (exact) mass is 269 g/mol. The van der Waals surface area contributed by atoms with Crippen molar-refractivity contribution in [1.82, 2.24) is 5.32 Å². The standard InChI is InChI=1S/C17H19NO2/c1-20-16-7-6-12-9-14(5-4-13(12)10-16)17(19)15-3-2-8-18-11-15/h4-7,9-10,15,18H,2-3,8,11H2,1H3/t15-/m1/s1. The van der Waals surface area contributed by atoms with Gasteiger partial charge in [0.05, 0.1) is 7.11 Å². The van der Waals surface area contributed by atoms with Gasteiger partial charge in [0.25, 0.3) is 0 Å². The van der Waals surface area contributed by atoms with Crippen LogP contribution in [0.4, 0.5) is 0 Å². The number of fused-ring (bicyclic) bond motifs is 1. The first-order valence-corrected chi connectivity index (χ1v) is 7.10. The molecule has 1 fully saturated rings. The van der Waals surface area contributed by atoms with Crippen molar-refractivity contribution >= 4 is 16.6 Å². The summed E-state index contributed by atoms with van der Waals surface area (Å²) in [6, 6.07) is 11.8. The lowest BCUT2D eigenvalue weighted by Crippen LogP contribution is -2.34. The molecule has 3 nitrogen and oxygen atoms in total. The van der Waals surface area contributed by atoms with Gasteiger partial charge < -0.3 is 10.1 Å². The van der Waals surface area contributed by atoms with E-state index in [1.54, 1.807) is 7.11 Å². The zero-order chi connectivity index (χ0) is 13.9. The molecule has 1 atom stereocenters. The summed E-state index contributed by atoms with van der Waals surface area (Å²) < 4.78 is 5.22. The molecule has 3 heteroatoms. The van der Waals surface area contributed by atoms with E-state index in [2.05, 4.69) is 5.32 Å². The van der Waals surface area contributed by atoms with Crippen LogP contribution in [-0.2, 0) is 0 Å². The molecule has 2 aromatic rings. The average Bonchev–Trinajstić information content (AvgIpc) is 2.54. The van der Waals surface area contributed by atoms with Crippen LogP contribution in [0, 0.1) is 5.92 Å². The van der Waals surface area contributed by atoms with Crippen LogP contribution < -0.4 is 10.1 Å². The van der Waals surface area contributed by atoms with Crippen LogP contribution in [0.25, 0.3) is 10.8 Å². The minimum atomic E-state index is 0.124. The number of carbonyl (C=O) groups excluding carboxylic acids is 1. The summed E-state index contributed by atoms with van der Waals surface area (Å²) >= 11 is 0. The van der Waals surface area contributed by atoms with E-state index in [-0.39, 0.29) is 11.7 Å². The predicted molar refractivity (Wildman–Crippen MR) is 80.4 cm³/mol. The van der Waals surface area contributed by atoms with Crippen LogP contribution in [0.3, 0.4) is 0 Å². The molecule has 3 rings (SSSR count). The molecule has 0 bridgehead atoms. The number of benzene rings is 2. The number of nitrogens with one attached hydrogen (secondary N) is 1. The molecule has 0 aliphatic carbocycles. The lowest BCUT2D eigenvalue weighted by molar-refractivity contribution is 0.0900. The number of hydrogen-bond acceptors (Lipinski definition) is 3. The second kappa shape index (κ2) is 5.63. The van der Waals surface area contributed by atoms with E-state index in [4.69, 9.17) is 4.74 Å². The highest BCUT2D eigenvalue weighted by molar-refractivity contribution is 6.01. The topological polar surface area (TPSA) is 38.3 Å². The second-order valence-corrected chi connectivity index (χ2v) is 5.34. The molecule has 0 aromatic heterocycles. The largest absolute Gasteiger partial charge is 0.497 e. The lowest BCUT2D eigenvalue weighted by Gasteiger charge is -2.21. The molecular weight excluding hydrogens is 250 g/mol. The summed E-state index contributed by atoms with van der Waals surface area (Å²) in [5, 5.41) is 5.48. The van der Waals surface area contributed by atoms with Crippen LogP contribution in [-0.4, -0.2) is 26.0 Å². The first-order chi connectivity index (χ1) is 9.78. The number of methoxy groups -OCH3 is 1. The molecule has 0 amide bonds. The summed E-state index contributed by atoms with van der Waals surface area (Å²) in [4.78, 5) is 12.5. The maximum atomic E-state index is 12.5. The Hall–Kier alpha value is -1.87. The van der Waals surface area contributed by atoms with Gasteiger partial charge >= 0.3 is 0 Å². The van der Waals surface area contributed by atoms with Gasteiger partial charge in [0.2, 0.25) is 0 Å². The van der Waals surface area contributed by atoms with Crippen molar-refractivity contribution in [3.63, 3.8) is 0 Å². The first-order valence-electron chi connectivity index (χ1n) is 7.10. The van der Waals surface area contributed by atoms with E-state index in [1.165, 1.54) is 0 Å². The molecule has 1 N–H and O–H groups in total. The van der Waals surface area contributed by atoms with Gasteiger partial charge in [-0.1, -0.05) is 18.2 Å². The van der Waals surface area contributed by atoms with Crippen LogP contribution in [0.5, 0.6) is 5.75 Å². The predicted octanol–water partition coefficient (Wildman–Crippen LogP) is 3.03. The maximum Gasteiger partial charge on any atom is 0.167 e. The van der Waals surface area contributed by atoms with E-state index in [0.717, 1.165) is 48.0 Å². The Morgan fingerprint density at radius 1 is 1.20 bits per heavy atom. The van der Waals surface area contributed by atoms with Gasteiger partial charge in [-0.05, 0) is 48.4 Å². The van der Waals surface area contributed by atoms with Gasteiger partial charge in [-0.25, -0.2) is 0 Å². The Labute approximate surface area is 118 Å².